The Morgan fingerprint density at radius 1 is 1.20 bits per heavy atom. The van der Waals surface area contributed by atoms with Gasteiger partial charge in [0, 0.05) is 16.8 Å². The molecule has 0 saturated heterocycles. The van der Waals surface area contributed by atoms with E-state index in [1.807, 2.05) is 0 Å². The maximum Gasteiger partial charge on any atom is 0.121 e. The maximum absolute atomic E-state index is 4.79. The summed E-state index contributed by atoms with van der Waals surface area (Å²) in [6.45, 7) is 10.9. The van der Waals surface area contributed by atoms with Gasteiger partial charge in [0.05, 0.1) is 0 Å². The normalized spacial score (nSPS) is 16.1. The summed E-state index contributed by atoms with van der Waals surface area (Å²) < 4.78 is 0. The minimum Gasteiger partial charge on any atom is -0.257 e. The van der Waals surface area contributed by atoms with Crippen molar-refractivity contribution in [3.05, 3.63) is 29.1 Å². The Balaban J connectivity index is 3.30. The summed E-state index contributed by atoms with van der Waals surface area (Å²) in [4.78, 5) is 4.79. The van der Waals surface area contributed by atoms with Crippen LogP contribution in [-0.4, -0.2) is 12.8 Å². The third-order valence-corrected chi connectivity index (χ3v) is 2.76. The number of hydrogen-bond donors (Lipinski definition) is 0. The Morgan fingerprint density at radius 3 is 2.13 bits per heavy atom. The first-order valence-corrected chi connectivity index (χ1v) is 5.97. The Bertz CT molecular complexity index is 361. The fourth-order valence-corrected chi connectivity index (χ4v) is 1.81. The number of hydrogen-bond acceptors (Lipinski definition) is 1. The quantitative estimate of drug-likeness (QED) is 0.524. The number of aryl methyl sites for hydroxylation is 1. The first kappa shape index (κ1) is 12.7. The van der Waals surface area contributed by atoms with E-state index in [0.717, 1.165) is 5.69 Å². The molecule has 0 aliphatic heterocycles. The second-order valence-electron chi connectivity index (χ2n) is 5.83. The average Bonchev–Trinajstić information content (AvgIpc) is 2.00. The van der Waals surface area contributed by atoms with Gasteiger partial charge in [-0.1, -0.05) is 33.8 Å². The fraction of sp³-hybridized carbons (Fsp3) is 0.583. The predicted octanol–water partition coefficient (Wildman–Crippen LogP) is 2.37. The SMILES string of the molecule is BC(C)(P)c1ccc(C)c(C(C)(C)C)n1. The molecule has 0 saturated carbocycles. The molecule has 0 aromatic carbocycles. The van der Waals surface area contributed by atoms with E-state index < -0.39 is 0 Å². The minimum absolute atomic E-state index is 0.0493. The highest BCUT2D eigenvalue weighted by atomic mass is 31.0. The van der Waals surface area contributed by atoms with Crippen LogP contribution in [0.25, 0.3) is 0 Å². The third kappa shape index (κ3) is 3.05. The molecule has 0 amide bonds. The first-order chi connectivity index (χ1) is 6.62. The van der Waals surface area contributed by atoms with Crippen molar-refractivity contribution in [1.29, 1.82) is 0 Å². The summed E-state index contributed by atoms with van der Waals surface area (Å²) in [6.07, 6.45) is 0. The van der Waals surface area contributed by atoms with Gasteiger partial charge in [0.15, 0.2) is 0 Å². The van der Waals surface area contributed by atoms with Gasteiger partial charge in [-0.05, 0) is 23.6 Å². The summed E-state index contributed by atoms with van der Waals surface area (Å²) in [5.41, 5.74) is 3.75. The number of aromatic nitrogens is 1. The molecule has 0 N–H and O–H groups in total. The monoisotopic (exact) mass is 221 g/mol. The molecule has 2 atom stereocenters. The highest BCUT2D eigenvalue weighted by Gasteiger charge is 2.22. The van der Waals surface area contributed by atoms with E-state index in [2.05, 4.69) is 63.8 Å². The summed E-state index contributed by atoms with van der Waals surface area (Å²) in [6, 6.07) is 4.30. The van der Waals surface area contributed by atoms with E-state index in [-0.39, 0.29) is 10.5 Å². The topological polar surface area (TPSA) is 12.9 Å². The number of nitrogens with zero attached hydrogens (tertiary/aromatic N) is 1. The van der Waals surface area contributed by atoms with Crippen LogP contribution in [0.2, 0.25) is 0 Å². The van der Waals surface area contributed by atoms with Crippen molar-refractivity contribution in [2.45, 2.75) is 45.1 Å². The molecule has 0 radical (unpaired) electrons. The molecule has 3 heteroatoms. The second kappa shape index (κ2) is 3.90. The van der Waals surface area contributed by atoms with Crippen LogP contribution in [0.4, 0.5) is 0 Å². The first-order valence-electron chi connectivity index (χ1n) is 5.40. The molecule has 0 aliphatic carbocycles. The van der Waals surface area contributed by atoms with E-state index in [0.29, 0.717) is 0 Å². The van der Waals surface area contributed by atoms with Crippen LogP contribution in [0.15, 0.2) is 12.1 Å². The second-order valence-corrected chi connectivity index (χ2v) is 7.28. The van der Waals surface area contributed by atoms with Crippen LogP contribution in [0.3, 0.4) is 0 Å². The van der Waals surface area contributed by atoms with E-state index in [4.69, 9.17) is 4.98 Å². The Kier molecular flexibility index (Phi) is 3.31. The molecule has 1 aromatic heterocycles. The predicted molar refractivity (Wildman–Crippen MR) is 73.3 cm³/mol. The molecule has 82 valence electrons. The summed E-state index contributed by atoms with van der Waals surface area (Å²) in [5, 5.41) is 0.0493. The van der Waals surface area contributed by atoms with Crippen molar-refractivity contribution in [3.8, 4) is 0 Å². The van der Waals surface area contributed by atoms with Crippen LogP contribution in [-0.2, 0) is 10.5 Å². The van der Waals surface area contributed by atoms with Crippen LogP contribution in [0.1, 0.15) is 44.6 Å². The Labute approximate surface area is 96.7 Å². The zero-order valence-corrected chi connectivity index (χ0v) is 11.8. The largest absolute Gasteiger partial charge is 0.257 e. The number of pyridine rings is 1. The van der Waals surface area contributed by atoms with Gasteiger partial charge in [0.1, 0.15) is 7.85 Å². The molecular weight excluding hydrogens is 200 g/mol. The van der Waals surface area contributed by atoms with Gasteiger partial charge < -0.3 is 0 Å². The lowest BCUT2D eigenvalue weighted by atomic mass is 9.82. The highest BCUT2D eigenvalue weighted by Crippen LogP contribution is 2.29. The van der Waals surface area contributed by atoms with Crippen LogP contribution in [0.5, 0.6) is 0 Å². The van der Waals surface area contributed by atoms with E-state index in [9.17, 15) is 0 Å². The lowest BCUT2D eigenvalue weighted by molar-refractivity contribution is 0.560. The van der Waals surface area contributed by atoms with Gasteiger partial charge in [-0.25, -0.2) is 0 Å². The molecule has 0 fully saturated rings. The van der Waals surface area contributed by atoms with Gasteiger partial charge in [-0.3, -0.25) is 4.98 Å². The van der Waals surface area contributed by atoms with Crippen molar-refractivity contribution < 1.29 is 0 Å². The van der Waals surface area contributed by atoms with Gasteiger partial charge >= 0.3 is 0 Å². The van der Waals surface area contributed by atoms with Crippen LogP contribution in [0, 0.1) is 6.92 Å². The maximum atomic E-state index is 4.79. The van der Waals surface area contributed by atoms with Gasteiger partial charge in [0.25, 0.3) is 0 Å². The molecule has 15 heavy (non-hydrogen) atoms. The zero-order chi connectivity index (χ0) is 11.9. The van der Waals surface area contributed by atoms with Crippen molar-refractivity contribution in [2.24, 2.45) is 0 Å². The average molecular weight is 221 g/mol. The lowest BCUT2D eigenvalue weighted by Crippen LogP contribution is -2.21. The summed E-state index contributed by atoms with van der Waals surface area (Å²) >= 11 is 0. The molecular formula is C12H21BNP. The number of rotatable bonds is 1. The molecule has 0 aliphatic rings. The zero-order valence-electron chi connectivity index (χ0n) is 10.7. The molecule has 1 aromatic rings. The molecule has 1 nitrogen and oxygen atoms in total. The molecule has 1 heterocycles. The van der Waals surface area contributed by atoms with Crippen molar-refractivity contribution in [3.63, 3.8) is 0 Å². The van der Waals surface area contributed by atoms with Gasteiger partial charge in [-0.2, -0.15) is 0 Å². The van der Waals surface area contributed by atoms with Gasteiger partial charge in [0.2, 0.25) is 0 Å². The molecule has 1 rings (SSSR count). The van der Waals surface area contributed by atoms with E-state index in [1.165, 1.54) is 11.3 Å². The van der Waals surface area contributed by atoms with Crippen LogP contribution >= 0.6 is 9.24 Å². The highest BCUT2D eigenvalue weighted by molar-refractivity contribution is 7.21. The fourth-order valence-electron chi connectivity index (χ4n) is 1.65. The van der Waals surface area contributed by atoms with Crippen molar-refractivity contribution >= 4 is 17.1 Å². The standard InChI is InChI=1S/C12H21BNP/c1-8-6-7-9(12(5,13)15)14-10(8)11(2,3)4/h6-7H,13,15H2,1-5H3. The summed E-state index contributed by atoms with van der Waals surface area (Å²) in [5.74, 6) is 0. The van der Waals surface area contributed by atoms with Crippen molar-refractivity contribution in [2.75, 3.05) is 0 Å². The lowest BCUT2D eigenvalue weighted by Gasteiger charge is -2.25. The Morgan fingerprint density at radius 2 is 1.73 bits per heavy atom. The molecule has 0 spiro atoms. The van der Waals surface area contributed by atoms with Crippen molar-refractivity contribution in [1.82, 2.24) is 4.98 Å². The smallest absolute Gasteiger partial charge is 0.121 e. The molecule has 0 bridgehead atoms. The van der Waals surface area contributed by atoms with Crippen LogP contribution < -0.4 is 0 Å². The Hall–Kier alpha value is -0.355. The van der Waals surface area contributed by atoms with E-state index in [1.54, 1.807) is 0 Å². The molecule has 2 unspecified atom stereocenters. The van der Waals surface area contributed by atoms with Gasteiger partial charge in [-0.15, -0.1) is 9.24 Å². The minimum atomic E-state index is 0.0493. The third-order valence-electron chi connectivity index (χ3n) is 2.47. The van der Waals surface area contributed by atoms with E-state index >= 15 is 0 Å². The summed E-state index contributed by atoms with van der Waals surface area (Å²) in [7, 11) is 5.02.